The van der Waals surface area contributed by atoms with Gasteiger partial charge in [-0.15, -0.1) is 0 Å². The molecule has 0 saturated carbocycles. The Morgan fingerprint density at radius 1 is 1.11 bits per heavy atom. The highest BCUT2D eigenvalue weighted by Crippen LogP contribution is 2.25. The van der Waals surface area contributed by atoms with E-state index in [0.717, 1.165) is 6.07 Å². The zero-order chi connectivity index (χ0) is 19.6. The van der Waals surface area contributed by atoms with E-state index in [2.05, 4.69) is 9.71 Å². The van der Waals surface area contributed by atoms with Crippen molar-refractivity contribution in [3.63, 3.8) is 0 Å². The van der Waals surface area contributed by atoms with Gasteiger partial charge in [-0.3, -0.25) is 4.72 Å². The average molecular weight is 408 g/mol. The van der Waals surface area contributed by atoms with E-state index in [-0.39, 0.29) is 27.6 Å². The molecule has 0 amide bonds. The van der Waals surface area contributed by atoms with E-state index in [1.165, 1.54) is 42.7 Å². The van der Waals surface area contributed by atoms with Crippen LogP contribution in [0.2, 0.25) is 5.02 Å². The number of nitrogens with zero attached hydrogens (tertiary/aromatic N) is 1. The summed E-state index contributed by atoms with van der Waals surface area (Å²) in [5.74, 6) is -1.43. The Morgan fingerprint density at radius 2 is 1.89 bits per heavy atom. The first-order valence-electron chi connectivity index (χ1n) is 7.62. The Labute approximate surface area is 159 Å². The summed E-state index contributed by atoms with van der Waals surface area (Å²) < 4.78 is 54.8. The van der Waals surface area contributed by atoms with E-state index >= 15 is 0 Å². The van der Waals surface area contributed by atoms with Gasteiger partial charge < -0.3 is 4.98 Å². The second-order valence-electron chi connectivity index (χ2n) is 5.68. The second kappa shape index (κ2) is 7.39. The summed E-state index contributed by atoms with van der Waals surface area (Å²) in [5.41, 5.74) is 0.818. The number of anilines is 1. The normalized spacial score (nSPS) is 11.2. The van der Waals surface area contributed by atoms with Gasteiger partial charge in [0.05, 0.1) is 22.3 Å². The second-order valence-corrected chi connectivity index (χ2v) is 7.74. The van der Waals surface area contributed by atoms with Crippen LogP contribution in [0.5, 0.6) is 0 Å². The molecule has 2 aromatic carbocycles. The molecule has 0 aliphatic carbocycles. The summed E-state index contributed by atoms with van der Waals surface area (Å²) in [6, 6.07) is 9.30. The van der Waals surface area contributed by atoms with Crippen molar-refractivity contribution in [3.8, 4) is 6.07 Å². The summed E-state index contributed by atoms with van der Waals surface area (Å²) in [6.45, 7) is 0. The number of hydrogen-bond donors (Lipinski definition) is 2. The van der Waals surface area contributed by atoms with Crippen molar-refractivity contribution < 1.29 is 17.2 Å². The molecule has 0 unspecified atom stereocenters. The topological polar surface area (TPSA) is 85.8 Å². The first-order valence-corrected chi connectivity index (χ1v) is 9.48. The quantitative estimate of drug-likeness (QED) is 0.664. The molecule has 2 N–H and O–H groups in total. The molecule has 138 valence electrons. The number of aromatic amines is 1. The number of rotatable bonds is 5. The fraction of sp³-hybridized carbons (Fsp3) is 0.0556. The van der Waals surface area contributed by atoms with Crippen LogP contribution >= 0.6 is 11.6 Å². The van der Waals surface area contributed by atoms with Gasteiger partial charge in [-0.05, 0) is 41.5 Å². The highest BCUT2D eigenvalue weighted by atomic mass is 35.5. The molecule has 0 bridgehead atoms. The van der Waals surface area contributed by atoms with Crippen molar-refractivity contribution in [1.82, 2.24) is 4.98 Å². The minimum Gasteiger partial charge on any atom is -0.366 e. The van der Waals surface area contributed by atoms with Gasteiger partial charge in [-0.1, -0.05) is 17.7 Å². The molecule has 1 heterocycles. The summed E-state index contributed by atoms with van der Waals surface area (Å²) in [5, 5.41) is 8.69. The SMILES string of the molecule is N#Cc1ccc(NS(=O)(=O)c2c[nH]cc2Cc2ccc(F)c(Cl)c2)c(F)c1. The minimum absolute atomic E-state index is 0.0646. The molecule has 9 heteroatoms. The molecular weight excluding hydrogens is 396 g/mol. The van der Waals surface area contributed by atoms with E-state index in [1.54, 1.807) is 6.07 Å². The molecule has 0 aliphatic rings. The van der Waals surface area contributed by atoms with Crippen LogP contribution in [0.3, 0.4) is 0 Å². The van der Waals surface area contributed by atoms with Crippen LogP contribution in [-0.4, -0.2) is 13.4 Å². The Morgan fingerprint density at radius 3 is 2.56 bits per heavy atom. The lowest BCUT2D eigenvalue weighted by molar-refractivity contribution is 0.598. The van der Waals surface area contributed by atoms with Crippen molar-refractivity contribution >= 4 is 27.3 Å². The van der Waals surface area contributed by atoms with Gasteiger partial charge in [0.25, 0.3) is 10.0 Å². The molecule has 0 atom stereocenters. The van der Waals surface area contributed by atoms with Gasteiger partial charge in [0.1, 0.15) is 16.5 Å². The molecular formula is C18H12ClF2N3O2S. The molecule has 3 aromatic rings. The lowest BCUT2D eigenvalue weighted by atomic mass is 10.1. The monoisotopic (exact) mass is 407 g/mol. The number of hydrogen-bond acceptors (Lipinski definition) is 3. The minimum atomic E-state index is -4.09. The zero-order valence-corrected chi connectivity index (χ0v) is 15.2. The molecule has 27 heavy (non-hydrogen) atoms. The lowest BCUT2D eigenvalue weighted by Gasteiger charge is -2.10. The average Bonchev–Trinajstić information content (AvgIpc) is 3.09. The van der Waals surface area contributed by atoms with Gasteiger partial charge in [0, 0.05) is 18.8 Å². The predicted molar refractivity (Wildman–Crippen MR) is 96.9 cm³/mol. The Balaban J connectivity index is 1.89. The summed E-state index contributed by atoms with van der Waals surface area (Å²) in [4.78, 5) is 2.63. The van der Waals surface area contributed by atoms with Gasteiger partial charge >= 0.3 is 0 Å². The third-order valence-corrected chi connectivity index (χ3v) is 5.54. The molecule has 0 radical (unpaired) electrons. The van der Waals surface area contributed by atoms with E-state index < -0.39 is 21.7 Å². The number of benzene rings is 2. The Bertz CT molecular complexity index is 1150. The lowest BCUT2D eigenvalue weighted by Crippen LogP contribution is -2.15. The molecule has 1 aromatic heterocycles. The molecule has 5 nitrogen and oxygen atoms in total. The van der Waals surface area contributed by atoms with Crippen LogP contribution in [-0.2, 0) is 16.4 Å². The smallest absolute Gasteiger partial charge is 0.263 e. The number of aromatic nitrogens is 1. The number of H-pyrrole nitrogens is 1. The van der Waals surface area contributed by atoms with Crippen molar-refractivity contribution in [2.75, 3.05) is 4.72 Å². The third kappa shape index (κ3) is 4.10. The van der Waals surface area contributed by atoms with Crippen molar-refractivity contribution in [2.24, 2.45) is 0 Å². The number of sulfonamides is 1. The van der Waals surface area contributed by atoms with E-state index in [9.17, 15) is 17.2 Å². The molecule has 0 fully saturated rings. The predicted octanol–water partition coefficient (Wildman–Crippen LogP) is 4.21. The van der Waals surface area contributed by atoms with Crippen molar-refractivity contribution in [1.29, 1.82) is 5.26 Å². The van der Waals surface area contributed by atoms with Gasteiger partial charge in [0.15, 0.2) is 0 Å². The maximum Gasteiger partial charge on any atom is 0.263 e. The van der Waals surface area contributed by atoms with Gasteiger partial charge in [-0.25, -0.2) is 17.2 Å². The van der Waals surface area contributed by atoms with Crippen LogP contribution in [0.25, 0.3) is 0 Å². The first kappa shape index (κ1) is 18.9. The van der Waals surface area contributed by atoms with Crippen LogP contribution in [0.4, 0.5) is 14.5 Å². The van der Waals surface area contributed by atoms with E-state index in [4.69, 9.17) is 16.9 Å². The maximum atomic E-state index is 14.0. The standard InChI is InChI=1S/C18H12ClF2N3O2S/c19-14-6-11(1-3-15(14)20)5-13-9-23-10-18(13)27(25,26)24-17-4-2-12(8-22)7-16(17)21/h1-4,6-7,9-10,23-24H,5H2. The molecule has 0 spiro atoms. The third-order valence-electron chi connectivity index (χ3n) is 3.80. The Kier molecular flexibility index (Phi) is 5.17. The van der Waals surface area contributed by atoms with Gasteiger partial charge in [0.2, 0.25) is 0 Å². The largest absolute Gasteiger partial charge is 0.366 e. The molecule has 0 aliphatic heterocycles. The number of halogens is 3. The van der Waals surface area contributed by atoms with Gasteiger partial charge in [-0.2, -0.15) is 5.26 Å². The molecule has 3 rings (SSSR count). The van der Waals surface area contributed by atoms with Crippen LogP contribution < -0.4 is 4.72 Å². The van der Waals surface area contributed by atoms with Crippen LogP contribution in [0.1, 0.15) is 16.7 Å². The van der Waals surface area contributed by atoms with Crippen LogP contribution in [0.15, 0.2) is 53.7 Å². The summed E-state index contributed by atoms with van der Waals surface area (Å²) in [6.07, 6.45) is 2.93. The Hall–Kier alpha value is -2.89. The number of nitrogens with one attached hydrogen (secondary N) is 2. The number of nitriles is 1. The van der Waals surface area contributed by atoms with Crippen molar-refractivity contribution in [3.05, 3.63) is 82.1 Å². The highest BCUT2D eigenvalue weighted by molar-refractivity contribution is 7.92. The maximum absolute atomic E-state index is 14.0. The first-order chi connectivity index (χ1) is 12.8. The fourth-order valence-corrected chi connectivity index (χ4v) is 3.97. The van der Waals surface area contributed by atoms with E-state index in [0.29, 0.717) is 11.1 Å². The fourth-order valence-electron chi connectivity index (χ4n) is 2.51. The van der Waals surface area contributed by atoms with Crippen LogP contribution in [0, 0.1) is 23.0 Å². The summed E-state index contributed by atoms with van der Waals surface area (Å²) >= 11 is 5.76. The summed E-state index contributed by atoms with van der Waals surface area (Å²) in [7, 11) is -4.09. The van der Waals surface area contributed by atoms with E-state index in [1.807, 2.05) is 0 Å². The molecule has 0 saturated heterocycles. The highest BCUT2D eigenvalue weighted by Gasteiger charge is 2.21. The van der Waals surface area contributed by atoms with Crippen molar-refractivity contribution in [2.45, 2.75) is 11.3 Å². The zero-order valence-electron chi connectivity index (χ0n) is 13.6.